The van der Waals surface area contributed by atoms with Crippen molar-refractivity contribution in [2.75, 3.05) is 59.8 Å². The number of piperazine rings is 1. The predicted molar refractivity (Wildman–Crippen MR) is 220 cm³/mol. The molecule has 314 valence electrons. The zero-order valence-electron chi connectivity index (χ0n) is 33.6. The average Bonchev–Trinajstić information content (AvgIpc) is 3.37. The Morgan fingerprint density at radius 1 is 1.05 bits per heavy atom. The number of alkyl halides is 3. The number of ketones is 2. The molecule has 6 rings (SSSR count). The molecule has 2 amide bonds. The first kappa shape index (κ1) is 43.6. The van der Waals surface area contributed by atoms with E-state index in [0.717, 1.165) is 16.7 Å². The van der Waals surface area contributed by atoms with E-state index in [4.69, 9.17) is 17.0 Å². The van der Waals surface area contributed by atoms with Crippen molar-refractivity contribution >= 4 is 63.5 Å². The number of aromatic nitrogens is 1. The van der Waals surface area contributed by atoms with Gasteiger partial charge < -0.3 is 20.3 Å². The van der Waals surface area contributed by atoms with Gasteiger partial charge in [-0.1, -0.05) is 6.92 Å². The molecule has 0 bridgehead atoms. The first-order chi connectivity index (χ1) is 28.4. The topological polar surface area (TPSA) is 175 Å². The fourth-order valence-corrected chi connectivity index (χ4v) is 8.23. The summed E-state index contributed by atoms with van der Waals surface area (Å²) < 4.78 is 47.5. The summed E-state index contributed by atoms with van der Waals surface area (Å²) in [6.45, 7) is 10.4. The number of carbonyl (C=O) groups is 4. The summed E-state index contributed by atoms with van der Waals surface area (Å²) in [4.78, 5) is 61.4. The molecule has 0 spiro atoms. The zero-order chi connectivity index (χ0) is 43.5. The summed E-state index contributed by atoms with van der Waals surface area (Å²) in [5.41, 5.74) is -0.873. The van der Waals surface area contributed by atoms with Crippen LogP contribution in [0.25, 0.3) is 0 Å². The van der Waals surface area contributed by atoms with Crippen LogP contribution >= 0.6 is 12.2 Å². The van der Waals surface area contributed by atoms with Crippen LogP contribution in [0.1, 0.15) is 69.3 Å². The van der Waals surface area contributed by atoms with Crippen LogP contribution in [0.3, 0.4) is 0 Å². The van der Waals surface area contributed by atoms with Crippen molar-refractivity contribution in [2.24, 2.45) is 0 Å². The minimum atomic E-state index is -4.87. The molecule has 2 aliphatic heterocycles. The molecule has 2 N–H and O–H groups in total. The van der Waals surface area contributed by atoms with Gasteiger partial charge in [-0.15, -0.1) is 0 Å². The molecule has 2 aromatic carbocycles. The lowest BCUT2D eigenvalue weighted by Crippen LogP contribution is -2.54. The van der Waals surface area contributed by atoms with Crippen molar-refractivity contribution in [3.63, 3.8) is 0 Å². The van der Waals surface area contributed by atoms with Gasteiger partial charge in [-0.3, -0.25) is 33.9 Å². The molecule has 2 atom stereocenters. The second-order valence-corrected chi connectivity index (χ2v) is 15.9. The van der Waals surface area contributed by atoms with Gasteiger partial charge in [-0.05, 0) is 93.9 Å². The van der Waals surface area contributed by atoms with E-state index in [9.17, 15) is 42.9 Å². The van der Waals surface area contributed by atoms with Gasteiger partial charge >= 0.3 is 6.18 Å². The van der Waals surface area contributed by atoms with E-state index in [1.54, 1.807) is 49.1 Å². The highest BCUT2D eigenvalue weighted by molar-refractivity contribution is 7.81. The number of nitrogens with one attached hydrogen (secondary N) is 2. The lowest BCUT2D eigenvalue weighted by Gasteiger charge is -2.39. The maximum atomic E-state index is 13.7. The number of benzene rings is 2. The molecular weight excluding hydrogens is 800 g/mol. The molecule has 3 fully saturated rings. The van der Waals surface area contributed by atoms with Crippen LogP contribution in [0.15, 0.2) is 48.7 Å². The zero-order valence-corrected chi connectivity index (χ0v) is 34.4. The molecule has 1 aliphatic carbocycles. The SMILES string of the molecule is CCc1cc(N2C(=S)N(c3cnc(C#N)c(C(F)(F)F)c3)C(=O)C2(C)C)ccc1OCCN1CCN(CC(=O)Nc2cc(C#N)cc(NC3CCC(=O)CC3=O)c2)[C@H](C)C1. The molecular formula is C42H44F3N9O5S. The van der Waals surface area contributed by atoms with Gasteiger partial charge in [0.25, 0.3) is 5.91 Å². The van der Waals surface area contributed by atoms with Gasteiger partial charge in [0.05, 0.1) is 48.1 Å². The van der Waals surface area contributed by atoms with E-state index in [2.05, 4.69) is 31.5 Å². The fourth-order valence-electron chi connectivity index (χ4n) is 7.71. The van der Waals surface area contributed by atoms with Crippen LogP contribution in [0.2, 0.25) is 0 Å². The average molecular weight is 844 g/mol. The number of Topliss-reactive ketones (excluding diaryl/α,β-unsaturated/α-hetero) is 2. The maximum Gasteiger partial charge on any atom is 0.419 e. The summed E-state index contributed by atoms with van der Waals surface area (Å²) >= 11 is 5.68. The fraction of sp³-hybridized carbons (Fsp3) is 0.429. The van der Waals surface area contributed by atoms with Crippen LogP contribution in [-0.4, -0.2) is 100 Å². The normalized spacial score (nSPS) is 19.9. The minimum Gasteiger partial charge on any atom is -0.492 e. The second kappa shape index (κ2) is 17.7. The third-order valence-electron chi connectivity index (χ3n) is 10.9. The summed E-state index contributed by atoms with van der Waals surface area (Å²) in [5.74, 6) is -0.436. The molecule has 1 saturated carbocycles. The highest BCUT2D eigenvalue weighted by atomic mass is 32.1. The van der Waals surface area contributed by atoms with Crippen LogP contribution in [0.4, 0.5) is 35.9 Å². The smallest absolute Gasteiger partial charge is 0.419 e. The van der Waals surface area contributed by atoms with E-state index in [0.29, 0.717) is 86.5 Å². The lowest BCUT2D eigenvalue weighted by atomic mass is 9.93. The third-order valence-corrected chi connectivity index (χ3v) is 11.3. The van der Waals surface area contributed by atoms with E-state index >= 15 is 0 Å². The number of anilines is 4. The molecule has 2 saturated heterocycles. The van der Waals surface area contributed by atoms with Gasteiger partial charge in [0.1, 0.15) is 29.7 Å². The van der Waals surface area contributed by atoms with Crippen molar-refractivity contribution in [3.05, 3.63) is 71.0 Å². The van der Waals surface area contributed by atoms with Gasteiger partial charge in [0.2, 0.25) is 5.91 Å². The van der Waals surface area contributed by atoms with Crippen molar-refractivity contribution in [2.45, 2.75) is 77.2 Å². The van der Waals surface area contributed by atoms with E-state index in [-0.39, 0.29) is 47.3 Å². The van der Waals surface area contributed by atoms with Crippen LogP contribution in [0.5, 0.6) is 5.75 Å². The van der Waals surface area contributed by atoms with Crippen molar-refractivity contribution in [3.8, 4) is 17.9 Å². The molecule has 1 unspecified atom stereocenters. The Morgan fingerprint density at radius 3 is 2.47 bits per heavy atom. The molecule has 14 nitrogen and oxygen atoms in total. The van der Waals surface area contributed by atoms with Crippen molar-refractivity contribution in [1.82, 2.24) is 14.8 Å². The molecule has 3 heterocycles. The number of ether oxygens (including phenoxy) is 1. The molecule has 1 aromatic heterocycles. The van der Waals surface area contributed by atoms with Gasteiger partial charge in [-0.2, -0.15) is 23.7 Å². The van der Waals surface area contributed by atoms with E-state index in [1.165, 1.54) is 6.07 Å². The first-order valence-electron chi connectivity index (χ1n) is 19.5. The predicted octanol–water partition coefficient (Wildman–Crippen LogP) is 5.45. The number of pyridine rings is 1. The first-order valence-corrected chi connectivity index (χ1v) is 19.9. The summed E-state index contributed by atoms with van der Waals surface area (Å²) in [6.07, 6.45) is -2.68. The number of halogens is 3. The Morgan fingerprint density at radius 2 is 1.80 bits per heavy atom. The molecule has 0 radical (unpaired) electrons. The quantitative estimate of drug-likeness (QED) is 0.174. The van der Waals surface area contributed by atoms with E-state index < -0.39 is 34.9 Å². The monoisotopic (exact) mass is 843 g/mol. The number of hydrogen-bond acceptors (Lipinski definition) is 12. The van der Waals surface area contributed by atoms with Crippen molar-refractivity contribution in [1.29, 1.82) is 10.5 Å². The van der Waals surface area contributed by atoms with Gasteiger partial charge in [-0.25, -0.2) is 4.98 Å². The molecule has 60 heavy (non-hydrogen) atoms. The Hall–Kier alpha value is -5.95. The molecule has 18 heteroatoms. The number of aryl methyl sites for hydroxylation is 1. The largest absolute Gasteiger partial charge is 0.492 e. The Bertz CT molecular complexity index is 2310. The Labute approximate surface area is 350 Å². The number of hydrogen-bond donors (Lipinski definition) is 2. The second-order valence-electron chi connectivity index (χ2n) is 15.5. The minimum absolute atomic E-state index is 0.0326. The van der Waals surface area contributed by atoms with Crippen molar-refractivity contribution < 1.29 is 37.1 Å². The number of thiocarbonyl (C=S) groups is 1. The summed E-state index contributed by atoms with van der Waals surface area (Å²) in [7, 11) is 0. The van der Waals surface area contributed by atoms with E-state index in [1.807, 2.05) is 19.9 Å². The maximum absolute atomic E-state index is 13.7. The van der Waals surface area contributed by atoms with Crippen LogP contribution in [0, 0.1) is 22.7 Å². The highest BCUT2D eigenvalue weighted by Crippen LogP contribution is 2.40. The highest BCUT2D eigenvalue weighted by Gasteiger charge is 2.51. The van der Waals surface area contributed by atoms with Gasteiger partial charge in [0, 0.05) is 55.7 Å². The summed E-state index contributed by atoms with van der Waals surface area (Å²) in [6, 6.07) is 14.0. The Balaban J connectivity index is 1.03. The lowest BCUT2D eigenvalue weighted by molar-refractivity contribution is -0.138. The standard InChI is InChI=1S/C42H44F3N9O5S/c1-5-27-16-30(54-40(60)53(39(58)41(54,3)4)31-18-33(42(43,44)45)35(21-47)48-22-31)6-9-37(27)59-13-12-51-10-11-52(25(2)23-51)24-38(57)50-29-15-26(20-46)14-28(17-29)49-34-8-7-32(55)19-36(34)56/h6,9,14-18,22,25,34,49H,5,7-8,10-13,19,23-24H2,1-4H3,(H,50,57)/t25-,34?/m1/s1. The number of amides is 2. The number of nitrogens with zero attached hydrogens (tertiary/aromatic N) is 7. The molecule has 3 aromatic rings. The number of rotatable bonds is 12. The third kappa shape index (κ3) is 9.41. The van der Waals surface area contributed by atoms with Gasteiger partial charge in [0.15, 0.2) is 16.6 Å². The summed E-state index contributed by atoms with van der Waals surface area (Å²) in [5, 5.41) is 24.7. The number of carbonyl (C=O) groups excluding carboxylic acids is 4. The van der Waals surface area contributed by atoms with Crippen LogP contribution < -0.4 is 25.2 Å². The Kier molecular flexibility index (Phi) is 12.9. The van der Waals surface area contributed by atoms with Crippen LogP contribution in [-0.2, 0) is 31.8 Å². The molecule has 3 aliphatic rings. The number of nitriles is 2.